The molecule has 1 N–H and O–H groups in total. The van der Waals surface area contributed by atoms with Crippen molar-refractivity contribution in [3.8, 4) is 11.5 Å². The summed E-state index contributed by atoms with van der Waals surface area (Å²) in [6.45, 7) is 1.90. The van der Waals surface area contributed by atoms with Gasteiger partial charge in [0.05, 0.1) is 6.04 Å². The number of amides is 1. The summed E-state index contributed by atoms with van der Waals surface area (Å²) in [6, 6.07) is 14.6. The molecule has 2 aliphatic carbocycles. The molecule has 3 aromatic rings. The highest BCUT2D eigenvalue weighted by Crippen LogP contribution is 2.42. The van der Waals surface area contributed by atoms with Crippen molar-refractivity contribution in [3.05, 3.63) is 65.0 Å². The SMILES string of the molecule is Cc1ccc(-c2cc(C(=O)N(C3CC3)C3CCc4ccccc43)n[nH]2)o1. The van der Waals surface area contributed by atoms with Crippen LogP contribution in [-0.2, 0) is 6.42 Å². The number of carbonyl (C=O) groups is 1. The number of aromatic nitrogens is 2. The fourth-order valence-corrected chi connectivity index (χ4v) is 4.01. The van der Waals surface area contributed by atoms with Crippen LogP contribution in [0.25, 0.3) is 11.5 Å². The number of fused-ring (bicyclic) bond motifs is 1. The van der Waals surface area contributed by atoms with Crippen LogP contribution in [0.2, 0.25) is 0 Å². The topological polar surface area (TPSA) is 62.1 Å². The quantitative estimate of drug-likeness (QED) is 0.766. The average Bonchev–Trinajstić information content (AvgIpc) is 3.05. The molecule has 0 saturated heterocycles. The van der Waals surface area contributed by atoms with Gasteiger partial charge in [-0.05, 0) is 55.9 Å². The van der Waals surface area contributed by atoms with Crippen LogP contribution in [0.4, 0.5) is 0 Å². The van der Waals surface area contributed by atoms with Gasteiger partial charge in [-0.15, -0.1) is 0 Å². The Morgan fingerprint density at radius 1 is 1.19 bits per heavy atom. The Morgan fingerprint density at radius 3 is 2.81 bits per heavy atom. The molecule has 5 heteroatoms. The van der Waals surface area contributed by atoms with Crippen molar-refractivity contribution in [1.82, 2.24) is 15.1 Å². The minimum atomic E-state index is 0.0139. The van der Waals surface area contributed by atoms with Gasteiger partial charge in [-0.1, -0.05) is 24.3 Å². The molecule has 1 amide bonds. The molecule has 1 aromatic carbocycles. The van der Waals surface area contributed by atoms with Crippen LogP contribution in [0.15, 0.2) is 46.9 Å². The first-order valence-electron chi connectivity index (χ1n) is 9.23. The van der Waals surface area contributed by atoms with Crippen molar-refractivity contribution in [3.63, 3.8) is 0 Å². The zero-order valence-corrected chi connectivity index (χ0v) is 14.7. The predicted octanol–water partition coefficient (Wildman–Crippen LogP) is 4.27. The van der Waals surface area contributed by atoms with E-state index in [9.17, 15) is 4.79 Å². The Labute approximate surface area is 152 Å². The van der Waals surface area contributed by atoms with Gasteiger partial charge >= 0.3 is 0 Å². The van der Waals surface area contributed by atoms with Gasteiger partial charge in [0.15, 0.2) is 11.5 Å². The lowest BCUT2D eigenvalue weighted by atomic mass is 10.1. The number of benzene rings is 1. The Kier molecular flexibility index (Phi) is 3.48. The molecule has 0 spiro atoms. The highest BCUT2D eigenvalue weighted by molar-refractivity contribution is 5.94. The summed E-state index contributed by atoms with van der Waals surface area (Å²) >= 11 is 0. The zero-order valence-electron chi connectivity index (χ0n) is 14.7. The average molecular weight is 347 g/mol. The van der Waals surface area contributed by atoms with Crippen molar-refractivity contribution in [2.45, 2.75) is 44.7 Å². The van der Waals surface area contributed by atoms with Crippen LogP contribution in [-0.4, -0.2) is 27.0 Å². The van der Waals surface area contributed by atoms with E-state index < -0.39 is 0 Å². The first kappa shape index (κ1) is 15.4. The molecule has 0 aliphatic heterocycles. The summed E-state index contributed by atoms with van der Waals surface area (Å²) < 4.78 is 5.63. The number of rotatable bonds is 4. The maximum Gasteiger partial charge on any atom is 0.275 e. The van der Waals surface area contributed by atoms with Crippen molar-refractivity contribution < 1.29 is 9.21 Å². The number of carbonyl (C=O) groups excluding carboxylic acids is 1. The van der Waals surface area contributed by atoms with E-state index in [0.717, 1.165) is 37.1 Å². The molecular formula is C21H21N3O2. The number of aryl methyl sites for hydroxylation is 2. The third-order valence-electron chi connectivity index (χ3n) is 5.41. The Bertz CT molecular complexity index is 967. The molecule has 132 valence electrons. The largest absolute Gasteiger partial charge is 0.460 e. The number of hydrogen-bond acceptors (Lipinski definition) is 3. The van der Waals surface area contributed by atoms with Crippen LogP contribution >= 0.6 is 0 Å². The van der Waals surface area contributed by atoms with E-state index >= 15 is 0 Å². The van der Waals surface area contributed by atoms with E-state index in [1.54, 1.807) is 6.07 Å². The highest BCUT2D eigenvalue weighted by atomic mass is 16.3. The van der Waals surface area contributed by atoms with Gasteiger partial charge in [0.1, 0.15) is 11.5 Å². The van der Waals surface area contributed by atoms with Gasteiger partial charge in [0.2, 0.25) is 0 Å². The predicted molar refractivity (Wildman–Crippen MR) is 97.7 cm³/mol. The van der Waals surface area contributed by atoms with Crippen LogP contribution < -0.4 is 0 Å². The molecule has 1 saturated carbocycles. The van der Waals surface area contributed by atoms with Crippen molar-refractivity contribution in [2.24, 2.45) is 0 Å². The van der Waals surface area contributed by atoms with E-state index in [2.05, 4.69) is 39.4 Å². The lowest BCUT2D eigenvalue weighted by Crippen LogP contribution is -2.36. The molecule has 0 bridgehead atoms. The number of nitrogens with zero attached hydrogens (tertiary/aromatic N) is 2. The zero-order chi connectivity index (χ0) is 17.7. The molecule has 5 nitrogen and oxygen atoms in total. The fraction of sp³-hybridized carbons (Fsp3) is 0.333. The summed E-state index contributed by atoms with van der Waals surface area (Å²) in [5.41, 5.74) is 3.87. The standard InChI is InChI=1S/C21H21N3O2/c1-13-6-11-20(26-13)17-12-18(23-22-17)21(25)24(15-8-9-15)19-10-7-14-4-2-3-5-16(14)19/h2-6,11-12,15,19H,7-10H2,1H3,(H,22,23). The maximum atomic E-state index is 13.3. The number of hydrogen-bond donors (Lipinski definition) is 1. The summed E-state index contributed by atoms with van der Waals surface area (Å²) in [6.07, 6.45) is 4.20. The van der Waals surface area contributed by atoms with Gasteiger partial charge in [0, 0.05) is 12.1 Å². The van der Waals surface area contributed by atoms with Gasteiger partial charge in [-0.3, -0.25) is 9.89 Å². The fourth-order valence-electron chi connectivity index (χ4n) is 4.01. The van der Waals surface area contributed by atoms with Crippen molar-refractivity contribution in [2.75, 3.05) is 0 Å². The second-order valence-electron chi connectivity index (χ2n) is 7.27. The lowest BCUT2D eigenvalue weighted by molar-refractivity contribution is 0.0652. The molecule has 5 rings (SSSR count). The Morgan fingerprint density at radius 2 is 2.04 bits per heavy atom. The Balaban J connectivity index is 1.46. The third kappa shape index (κ3) is 2.55. The molecule has 1 atom stereocenters. The van der Waals surface area contributed by atoms with E-state index in [1.807, 2.05) is 19.1 Å². The number of furan rings is 1. The van der Waals surface area contributed by atoms with E-state index in [-0.39, 0.29) is 11.9 Å². The molecule has 2 heterocycles. The molecule has 2 aromatic heterocycles. The van der Waals surface area contributed by atoms with Gasteiger partial charge in [-0.2, -0.15) is 5.10 Å². The molecule has 1 fully saturated rings. The number of aromatic amines is 1. The first-order chi connectivity index (χ1) is 12.7. The van der Waals surface area contributed by atoms with Crippen LogP contribution in [0.1, 0.15) is 52.7 Å². The number of nitrogens with one attached hydrogen (secondary N) is 1. The summed E-state index contributed by atoms with van der Waals surface area (Å²) in [4.78, 5) is 15.4. The molecular weight excluding hydrogens is 326 g/mol. The monoisotopic (exact) mass is 347 g/mol. The third-order valence-corrected chi connectivity index (χ3v) is 5.41. The second-order valence-corrected chi connectivity index (χ2v) is 7.27. The van der Waals surface area contributed by atoms with Crippen LogP contribution in [0, 0.1) is 6.92 Å². The van der Waals surface area contributed by atoms with Crippen molar-refractivity contribution in [1.29, 1.82) is 0 Å². The Hall–Kier alpha value is -2.82. The second kappa shape index (κ2) is 5.87. The molecule has 2 aliphatic rings. The molecule has 1 unspecified atom stereocenters. The smallest absolute Gasteiger partial charge is 0.275 e. The van der Waals surface area contributed by atoms with Crippen LogP contribution in [0.3, 0.4) is 0 Å². The molecule has 26 heavy (non-hydrogen) atoms. The lowest BCUT2D eigenvalue weighted by Gasteiger charge is -2.29. The summed E-state index contributed by atoms with van der Waals surface area (Å²) in [5, 5.41) is 7.23. The normalized spacial score (nSPS) is 18.7. The maximum absolute atomic E-state index is 13.3. The van der Waals surface area contributed by atoms with E-state index in [0.29, 0.717) is 17.5 Å². The minimum absolute atomic E-state index is 0.0139. The molecule has 0 radical (unpaired) electrons. The van der Waals surface area contributed by atoms with Gasteiger partial charge < -0.3 is 9.32 Å². The summed E-state index contributed by atoms with van der Waals surface area (Å²) in [7, 11) is 0. The van der Waals surface area contributed by atoms with Gasteiger partial charge in [-0.25, -0.2) is 0 Å². The van der Waals surface area contributed by atoms with Crippen molar-refractivity contribution >= 4 is 5.91 Å². The minimum Gasteiger partial charge on any atom is -0.460 e. The number of H-pyrrole nitrogens is 1. The van der Waals surface area contributed by atoms with Gasteiger partial charge in [0.25, 0.3) is 5.91 Å². The first-order valence-corrected chi connectivity index (χ1v) is 9.23. The van der Waals surface area contributed by atoms with E-state index in [1.165, 1.54) is 11.1 Å². The highest BCUT2D eigenvalue weighted by Gasteiger charge is 2.41. The van der Waals surface area contributed by atoms with E-state index in [4.69, 9.17) is 4.42 Å². The van der Waals surface area contributed by atoms with Crippen LogP contribution in [0.5, 0.6) is 0 Å². The summed E-state index contributed by atoms with van der Waals surface area (Å²) in [5.74, 6) is 1.56.